The molecule has 0 heterocycles. The van der Waals surface area contributed by atoms with Crippen LogP contribution in [-0.2, 0) is 28.0 Å². The van der Waals surface area contributed by atoms with Crippen LogP contribution in [0.25, 0.3) is 0 Å². The van der Waals surface area contributed by atoms with Gasteiger partial charge < -0.3 is 15.0 Å². The SMILES string of the molecule is CCCCNC(=O)C(Cc1ccccc1)N(Cc1ccc(F)cc1)C(=O)COc1ccc(C(C)(C)C)cc1Br. The highest BCUT2D eigenvalue weighted by atomic mass is 79.9. The van der Waals surface area contributed by atoms with E-state index in [1.807, 2.05) is 48.5 Å². The van der Waals surface area contributed by atoms with Gasteiger partial charge in [-0.05, 0) is 68.7 Å². The van der Waals surface area contributed by atoms with E-state index < -0.39 is 6.04 Å². The molecule has 0 radical (unpaired) electrons. The van der Waals surface area contributed by atoms with Gasteiger partial charge in [-0.2, -0.15) is 0 Å². The lowest BCUT2D eigenvalue weighted by atomic mass is 9.87. The highest BCUT2D eigenvalue weighted by Crippen LogP contribution is 2.31. The Bertz CT molecular complexity index is 1230. The molecule has 2 amide bonds. The summed E-state index contributed by atoms with van der Waals surface area (Å²) in [6, 6.07) is 20.7. The summed E-state index contributed by atoms with van der Waals surface area (Å²) in [4.78, 5) is 28.7. The Morgan fingerprint density at radius 1 is 1.00 bits per heavy atom. The second-order valence-corrected chi connectivity index (χ2v) is 11.5. The predicted octanol–water partition coefficient (Wildman–Crippen LogP) is 6.82. The fraction of sp³-hybridized carbons (Fsp3) is 0.375. The lowest BCUT2D eigenvalue weighted by Gasteiger charge is -2.31. The van der Waals surface area contributed by atoms with Crippen molar-refractivity contribution in [3.05, 3.63) is 99.8 Å². The molecule has 0 bridgehead atoms. The average molecular weight is 598 g/mol. The summed E-state index contributed by atoms with van der Waals surface area (Å²) >= 11 is 3.57. The van der Waals surface area contributed by atoms with Crippen LogP contribution >= 0.6 is 15.9 Å². The van der Waals surface area contributed by atoms with Crippen LogP contribution in [0.1, 0.15) is 57.2 Å². The van der Waals surface area contributed by atoms with Crippen LogP contribution in [0, 0.1) is 5.82 Å². The van der Waals surface area contributed by atoms with Crippen molar-refractivity contribution in [2.45, 2.75) is 65.0 Å². The van der Waals surface area contributed by atoms with E-state index in [1.165, 1.54) is 12.1 Å². The van der Waals surface area contributed by atoms with Crippen LogP contribution in [0.2, 0.25) is 0 Å². The van der Waals surface area contributed by atoms with Crippen LogP contribution in [-0.4, -0.2) is 35.9 Å². The zero-order valence-corrected chi connectivity index (χ0v) is 24.8. The number of benzene rings is 3. The number of nitrogens with zero attached hydrogens (tertiary/aromatic N) is 1. The van der Waals surface area contributed by atoms with Crippen LogP contribution in [0.3, 0.4) is 0 Å². The number of nitrogens with one attached hydrogen (secondary N) is 1. The highest BCUT2D eigenvalue weighted by Gasteiger charge is 2.30. The van der Waals surface area contributed by atoms with E-state index in [0.717, 1.165) is 34.0 Å². The molecule has 0 aromatic heterocycles. The molecule has 39 heavy (non-hydrogen) atoms. The molecule has 1 atom stereocenters. The molecule has 0 aliphatic carbocycles. The third kappa shape index (κ3) is 9.20. The van der Waals surface area contributed by atoms with Crippen LogP contribution in [0.4, 0.5) is 4.39 Å². The molecule has 0 aliphatic rings. The molecular formula is C32H38BrFN2O3. The number of unbranched alkanes of at least 4 members (excludes halogenated alkanes) is 1. The third-order valence-electron chi connectivity index (χ3n) is 6.52. The van der Waals surface area contributed by atoms with E-state index in [2.05, 4.69) is 48.9 Å². The number of ether oxygens (including phenoxy) is 1. The molecule has 0 saturated carbocycles. The minimum absolute atomic E-state index is 0.0291. The van der Waals surface area contributed by atoms with Gasteiger partial charge >= 0.3 is 0 Å². The molecule has 3 rings (SSSR count). The molecule has 208 valence electrons. The number of hydrogen-bond acceptors (Lipinski definition) is 3. The average Bonchev–Trinajstić information content (AvgIpc) is 2.91. The monoisotopic (exact) mass is 596 g/mol. The van der Waals surface area contributed by atoms with E-state index in [-0.39, 0.29) is 36.2 Å². The Hall–Kier alpha value is -3.19. The van der Waals surface area contributed by atoms with Crippen molar-refractivity contribution in [3.8, 4) is 5.75 Å². The first-order chi connectivity index (χ1) is 18.6. The van der Waals surface area contributed by atoms with Gasteiger partial charge in [-0.25, -0.2) is 4.39 Å². The zero-order chi connectivity index (χ0) is 28.4. The summed E-state index contributed by atoms with van der Waals surface area (Å²) in [5.41, 5.74) is 2.77. The first-order valence-corrected chi connectivity index (χ1v) is 14.2. The summed E-state index contributed by atoms with van der Waals surface area (Å²) in [5, 5.41) is 3.00. The summed E-state index contributed by atoms with van der Waals surface area (Å²) in [6.07, 6.45) is 2.13. The summed E-state index contributed by atoms with van der Waals surface area (Å²) in [6.45, 7) is 8.87. The molecule has 1 unspecified atom stereocenters. The Morgan fingerprint density at radius 2 is 1.69 bits per heavy atom. The van der Waals surface area contributed by atoms with Gasteiger partial charge in [0.1, 0.15) is 17.6 Å². The molecule has 0 saturated heterocycles. The first kappa shape index (κ1) is 30.4. The number of amides is 2. The normalized spacial score (nSPS) is 12.1. The standard InChI is InChI=1S/C32H38BrFN2O3/c1-5-6-18-35-31(38)28(19-23-10-8-7-9-11-23)36(21-24-12-15-26(34)16-13-24)30(37)22-39-29-17-14-25(20-27(29)33)32(2,3)4/h7-17,20,28H,5-6,18-19,21-22H2,1-4H3,(H,35,38). The molecule has 3 aromatic carbocycles. The van der Waals surface area contributed by atoms with E-state index in [4.69, 9.17) is 4.74 Å². The quantitative estimate of drug-likeness (QED) is 0.233. The van der Waals surface area contributed by atoms with Gasteiger partial charge in [-0.15, -0.1) is 0 Å². The van der Waals surface area contributed by atoms with Gasteiger partial charge in [0, 0.05) is 19.5 Å². The van der Waals surface area contributed by atoms with Gasteiger partial charge in [0.25, 0.3) is 5.91 Å². The van der Waals surface area contributed by atoms with Gasteiger partial charge in [0.05, 0.1) is 4.47 Å². The Balaban J connectivity index is 1.88. The maximum atomic E-state index is 13.7. The second kappa shape index (κ2) is 14.3. The molecule has 1 N–H and O–H groups in total. The largest absolute Gasteiger partial charge is 0.483 e. The van der Waals surface area contributed by atoms with Crippen molar-refractivity contribution < 1.29 is 18.7 Å². The Labute approximate surface area is 239 Å². The topological polar surface area (TPSA) is 58.6 Å². The molecule has 0 aliphatic heterocycles. The summed E-state index contributed by atoms with van der Waals surface area (Å²) in [7, 11) is 0. The van der Waals surface area contributed by atoms with Crippen LogP contribution < -0.4 is 10.1 Å². The van der Waals surface area contributed by atoms with Crippen LogP contribution in [0.15, 0.2) is 77.3 Å². The lowest BCUT2D eigenvalue weighted by molar-refractivity contribution is -0.142. The maximum absolute atomic E-state index is 13.7. The highest BCUT2D eigenvalue weighted by molar-refractivity contribution is 9.10. The van der Waals surface area contributed by atoms with Crippen molar-refractivity contribution in [1.29, 1.82) is 0 Å². The molecule has 7 heteroatoms. The number of rotatable bonds is 12. The molecule has 5 nitrogen and oxygen atoms in total. The van der Waals surface area contributed by atoms with Crippen molar-refractivity contribution in [1.82, 2.24) is 10.2 Å². The van der Waals surface area contributed by atoms with E-state index in [1.54, 1.807) is 17.0 Å². The minimum atomic E-state index is -0.767. The summed E-state index contributed by atoms with van der Waals surface area (Å²) < 4.78 is 20.3. The van der Waals surface area contributed by atoms with E-state index in [0.29, 0.717) is 18.7 Å². The van der Waals surface area contributed by atoms with Crippen molar-refractivity contribution in [2.24, 2.45) is 0 Å². The zero-order valence-electron chi connectivity index (χ0n) is 23.2. The number of halogens is 2. The van der Waals surface area contributed by atoms with Crippen molar-refractivity contribution in [2.75, 3.05) is 13.2 Å². The predicted molar refractivity (Wildman–Crippen MR) is 157 cm³/mol. The van der Waals surface area contributed by atoms with Gasteiger partial charge in [-0.1, -0.05) is 82.6 Å². The third-order valence-corrected chi connectivity index (χ3v) is 7.14. The van der Waals surface area contributed by atoms with Gasteiger partial charge in [0.15, 0.2) is 6.61 Å². The smallest absolute Gasteiger partial charge is 0.261 e. The van der Waals surface area contributed by atoms with E-state index in [9.17, 15) is 14.0 Å². The van der Waals surface area contributed by atoms with Crippen LogP contribution in [0.5, 0.6) is 5.75 Å². The number of hydrogen-bond donors (Lipinski definition) is 1. The Morgan fingerprint density at radius 3 is 2.31 bits per heavy atom. The van der Waals surface area contributed by atoms with Gasteiger partial charge in [0.2, 0.25) is 5.91 Å². The fourth-order valence-electron chi connectivity index (χ4n) is 4.15. The first-order valence-electron chi connectivity index (χ1n) is 13.4. The summed E-state index contributed by atoms with van der Waals surface area (Å²) in [5.74, 6) is -0.372. The lowest BCUT2D eigenvalue weighted by Crippen LogP contribution is -2.51. The maximum Gasteiger partial charge on any atom is 0.261 e. The van der Waals surface area contributed by atoms with Crippen molar-refractivity contribution >= 4 is 27.7 Å². The van der Waals surface area contributed by atoms with E-state index >= 15 is 0 Å². The van der Waals surface area contributed by atoms with Gasteiger partial charge in [-0.3, -0.25) is 9.59 Å². The number of carbonyl (C=O) groups is 2. The molecular weight excluding hydrogens is 559 g/mol. The van der Waals surface area contributed by atoms with Crippen molar-refractivity contribution in [3.63, 3.8) is 0 Å². The molecule has 0 fully saturated rings. The molecule has 3 aromatic rings. The fourth-order valence-corrected chi connectivity index (χ4v) is 4.65. The molecule has 0 spiro atoms. The Kier molecular flexibility index (Phi) is 11.1. The second-order valence-electron chi connectivity index (χ2n) is 10.7. The number of carbonyl (C=O) groups excluding carboxylic acids is 2. The minimum Gasteiger partial charge on any atom is -0.483 e.